The number of pyridine rings is 1. The molecule has 5 nitrogen and oxygen atoms in total. The van der Waals surface area contributed by atoms with E-state index >= 15 is 0 Å². The number of aromatic nitrogens is 1. The molecule has 1 aromatic rings. The van der Waals surface area contributed by atoms with E-state index in [-0.39, 0.29) is 12.2 Å². The van der Waals surface area contributed by atoms with Crippen molar-refractivity contribution in [2.24, 2.45) is 0 Å². The maximum absolute atomic E-state index is 9.22. The number of rotatable bonds is 4. The molecule has 0 fully saturated rings. The Hall–Kier alpha value is -1.64. The normalized spacial score (nSPS) is 14.0. The van der Waals surface area contributed by atoms with Crippen LogP contribution in [0.3, 0.4) is 0 Å². The van der Waals surface area contributed by atoms with Crippen LogP contribution in [0.25, 0.3) is 0 Å². The van der Waals surface area contributed by atoms with Crippen molar-refractivity contribution in [3.8, 4) is 6.07 Å². The molecule has 0 aliphatic rings. The zero-order valence-corrected chi connectivity index (χ0v) is 11.4. The summed E-state index contributed by atoms with van der Waals surface area (Å²) < 4.78 is 10.5. The van der Waals surface area contributed by atoms with Gasteiger partial charge in [-0.1, -0.05) is 0 Å². The van der Waals surface area contributed by atoms with E-state index in [2.05, 4.69) is 11.1 Å². The lowest BCUT2D eigenvalue weighted by atomic mass is 10.0. The van der Waals surface area contributed by atoms with Gasteiger partial charge in [0.05, 0.1) is 34.8 Å². The third-order valence-electron chi connectivity index (χ3n) is 3.14. The number of ether oxygens (including phenoxy) is 2. The molecule has 0 spiro atoms. The third kappa shape index (κ3) is 2.45. The summed E-state index contributed by atoms with van der Waals surface area (Å²) in [5.41, 5.74) is 8.98. The van der Waals surface area contributed by atoms with Gasteiger partial charge < -0.3 is 15.2 Å². The fraction of sp³-hybridized carbons (Fsp3) is 0.538. The van der Waals surface area contributed by atoms with Crippen LogP contribution in [0.15, 0.2) is 0 Å². The number of methoxy groups -OCH3 is 2. The molecule has 5 heteroatoms. The van der Waals surface area contributed by atoms with Crippen LogP contribution < -0.4 is 5.73 Å². The standard InChI is InChI=1S/C13H19N3O2/c1-7-10(6-14)12(8(2)17-4)16-13(11(7)15)9(3)18-5/h8-9H,15H2,1-5H3. The molecule has 1 aromatic heterocycles. The van der Waals surface area contributed by atoms with E-state index in [1.807, 2.05) is 20.8 Å². The van der Waals surface area contributed by atoms with E-state index in [9.17, 15) is 5.26 Å². The van der Waals surface area contributed by atoms with Gasteiger partial charge in [-0.15, -0.1) is 0 Å². The van der Waals surface area contributed by atoms with E-state index in [0.717, 1.165) is 5.56 Å². The molecule has 0 saturated carbocycles. The van der Waals surface area contributed by atoms with E-state index in [1.165, 1.54) is 0 Å². The van der Waals surface area contributed by atoms with Crippen LogP contribution in [0, 0.1) is 18.3 Å². The highest BCUT2D eigenvalue weighted by molar-refractivity contribution is 5.59. The fourth-order valence-electron chi connectivity index (χ4n) is 1.73. The lowest BCUT2D eigenvalue weighted by Gasteiger charge is -2.19. The second kappa shape index (κ2) is 5.80. The first-order valence-electron chi connectivity index (χ1n) is 5.73. The average molecular weight is 249 g/mol. The van der Waals surface area contributed by atoms with E-state index < -0.39 is 0 Å². The van der Waals surface area contributed by atoms with Gasteiger partial charge in [-0.25, -0.2) is 4.98 Å². The van der Waals surface area contributed by atoms with Crippen molar-refractivity contribution in [1.29, 1.82) is 5.26 Å². The number of nitrogens with two attached hydrogens (primary N) is 1. The molecular weight excluding hydrogens is 230 g/mol. The maximum Gasteiger partial charge on any atom is 0.102 e. The molecule has 0 bridgehead atoms. The van der Waals surface area contributed by atoms with Crippen LogP contribution in [-0.2, 0) is 9.47 Å². The van der Waals surface area contributed by atoms with Gasteiger partial charge in [-0.05, 0) is 26.3 Å². The van der Waals surface area contributed by atoms with Crippen molar-refractivity contribution in [3.05, 3.63) is 22.5 Å². The lowest BCUT2D eigenvalue weighted by molar-refractivity contribution is 0.107. The zero-order chi connectivity index (χ0) is 13.9. The third-order valence-corrected chi connectivity index (χ3v) is 3.14. The minimum Gasteiger partial charge on any atom is -0.397 e. The SMILES string of the molecule is COC(C)c1nc(C(C)OC)c(C#N)c(C)c1N. The van der Waals surface area contributed by atoms with Crippen molar-refractivity contribution >= 4 is 5.69 Å². The summed E-state index contributed by atoms with van der Waals surface area (Å²) in [6.45, 7) is 5.53. The van der Waals surface area contributed by atoms with Crippen LogP contribution in [0.1, 0.15) is 48.6 Å². The van der Waals surface area contributed by atoms with Crippen molar-refractivity contribution in [2.45, 2.75) is 33.0 Å². The molecule has 1 rings (SSSR count). The second-order valence-electron chi connectivity index (χ2n) is 4.16. The first kappa shape index (κ1) is 14.4. The molecule has 1 heterocycles. The Morgan fingerprint density at radius 2 is 1.67 bits per heavy atom. The summed E-state index contributed by atoms with van der Waals surface area (Å²) in [5, 5.41) is 9.22. The Kier molecular flexibility index (Phi) is 4.65. The predicted octanol–water partition coefficient (Wildman–Crippen LogP) is 2.26. The molecule has 2 atom stereocenters. The van der Waals surface area contributed by atoms with Crippen LogP contribution >= 0.6 is 0 Å². The number of nitrogen functional groups attached to an aromatic ring is 1. The van der Waals surface area contributed by atoms with E-state index in [1.54, 1.807) is 14.2 Å². The second-order valence-corrected chi connectivity index (χ2v) is 4.16. The molecule has 2 N–H and O–H groups in total. The molecule has 0 aliphatic heterocycles. The summed E-state index contributed by atoms with van der Waals surface area (Å²) >= 11 is 0. The first-order chi connectivity index (χ1) is 8.47. The smallest absolute Gasteiger partial charge is 0.102 e. The van der Waals surface area contributed by atoms with Crippen molar-refractivity contribution < 1.29 is 9.47 Å². The fourth-order valence-corrected chi connectivity index (χ4v) is 1.73. The van der Waals surface area contributed by atoms with E-state index in [4.69, 9.17) is 15.2 Å². The van der Waals surface area contributed by atoms with Gasteiger partial charge in [0.2, 0.25) is 0 Å². The summed E-state index contributed by atoms with van der Waals surface area (Å²) in [7, 11) is 3.18. The van der Waals surface area contributed by atoms with E-state index in [0.29, 0.717) is 22.6 Å². The molecule has 0 aliphatic carbocycles. The van der Waals surface area contributed by atoms with Crippen LogP contribution in [0.2, 0.25) is 0 Å². The maximum atomic E-state index is 9.22. The topological polar surface area (TPSA) is 81.2 Å². The van der Waals surface area contributed by atoms with Gasteiger partial charge in [0.25, 0.3) is 0 Å². The summed E-state index contributed by atoms with van der Waals surface area (Å²) in [6, 6.07) is 2.14. The highest BCUT2D eigenvalue weighted by atomic mass is 16.5. The van der Waals surface area contributed by atoms with Crippen LogP contribution in [0.5, 0.6) is 0 Å². The van der Waals surface area contributed by atoms with Gasteiger partial charge in [0.15, 0.2) is 0 Å². The number of hydrogen-bond donors (Lipinski definition) is 1. The molecule has 2 unspecified atom stereocenters. The van der Waals surface area contributed by atoms with Crippen molar-refractivity contribution in [1.82, 2.24) is 4.98 Å². The molecule has 0 aromatic carbocycles. The Morgan fingerprint density at radius 1 is 1.17 bits per heavy atom. The quantitative estimate of drug-likeness (QED) is 0.885. The predicted molar refractivity (Wildman–Crippen MR) is 68.9 cm³/mol. The monoisotopic (exact) mass is 249 g/mol. The Balaban J connectivity index is 3.51. The minimum absolute atomic E-state index is 0.223. The number of nitriles is 1. The molecular formula is C13H19N3O2. The number of hydrogen-bond acceptors (Lipinski definition) is 5. The van der Waals surface area contributed by atoms with Gasteiger partial charge in [-0.2, -0.15) is 5.26 Å². The van der Waals surface area contributed by atoms with Crippen molar-refractivity contribution in [2.75, 3.05) is 20.0 Å². The number of anilines is 1. The Bertz CT molecular complexity index is 480. The Labute approximate surface area is 108 Å². The van der Waals surface area contributed by atoms with Crippen LogP contribution in [0.4, 0.5) is 5.69 Å². The summed E-state index contributed by atoms with van der Waals surface area (Å²) in [4.78, 5) is 4.45. The van der Waals surface area contributed by atoms with Gasteiger partial charge in [-0.3, -0.25) is 0 Å². The largest absolute Gasteiger partial charge is 0.397 e. The zero-order valence-electron chi connectivity index (χ0n) is 11.4. The molecule has 0 saturated heterocycles. The average Bonchev–Trinajstić information content (AvgIpc) is 2.39. The van der Waals surface area contributed by atoms with Gasteiger partial charge in [0, 0.05) is 14.2 Å². The highest BCUT2D eigenvalue weighted by Crippen LogP contribution is 2.30. The molecule has 98 valence electrons. The number of nitrogens with zero attached hydrogens (tertiary/aromatic N) is 2. The van der Waals surface area contributed by atoms with Gasteiger partial charge in [0.1, 0.15) is 6.07 Å². The summed E-state index contributed by atoms with van der Waals surface area (Å²) in [5.74, 6) is 0. The Morgan fingerprint density at radius 3 is 2.11 bits per heavy atom. The highest BCUT2D eigenvalue weighted by Gasteiger charge is 2.21. The van der Waals surface area contributed by atoms with Crippen molar-refractivity contribution in [3.63, 3.8) is 0 Å². The summed E-state index contributed by atoms with van der Waals surface area (Å²) in [6.07, 6.45) is -0.485. The first-order valence-corrected chi connectivity index (χ1v) is 5.73. The lowest BCUT2D eigenvalue weighted by Crippen LogP contribution is -2.13. The van der Waals surface area contributed by atoms with Gasteiger partial charge >= 0.3 is 0 Å². The molecule has 0 amide bonds. The minimum atomic E-state index is -0.262. The van der Waals surface area contributed by atoms with Crippen LogP contribution in [-0.4, -0.2) is 19.2 Å². The molecule has 0 radical (unpaired) electrons. The molecule has 18 heavy (non-hydrogen) atoms.